The summed E-state index contributed by atoms with van der Waals surface area (Å²) >= 11 is 0. The minimum absolute atomic E-state index is 0.129. The van der Waals surface area contributed by atoms with Gasteiger partial charge in [-0.3, -0.25) is 9.59 Å². The van der Waals surface area contributed by atoms with Crippen molar-refractivity contribution < 1.29 is 14.3 Å². The molecule has 8 nitrogen and oxygen atoms in total. The van der Waals surface area contributed by atoms with Crippen molar-refractivity contribution in [2.75, 3.05) is 0 Å². The first-order valence-corrected chi connectivity index (χ1v) is 10.5. The number of amides is 2. The lowest BCUT2D eigenvalue weighted by molar-refractivity contribution is -0.126. The largest absolute Gasteiger partial charge is 0.489 e. The Balaban J connectivity index is 1.27. The second kappa shape index (κ2) is 8.30. The molecule has 1 unspecified atom stereocenters. The van der Waals surface area contributed by atoms with E-state index in [1.54, 1.807) is 21.8 Å². The van der Waals surface area contributed by atoms with E-state index in [4.69, 9.17) is 4.74 Å². The van der Waals surface area contributed by atoms with Crippen LogP contribution in [0.15, 0.2) is 67.1 Å². The maximum Gasteiger partial charge on any atom is 0.255 e. The molecule has 0 bridgehead atoms. The predicted octanol–water partition coefficient (Wildman–Crippen LogP) is 2.65. The summed E-state index contributed by atoms with van der Waals surface area (Å²) in [6.45, 7) is 5.23. The number of benzene rings is 2. The van der Waals surface area contributed by atoms with Crippen molar-refractivity contribution in [3.8, 4) is 5.75 Å². The average molecular weight is 429 g/mol. The number of nitrogens with one attached hydrogen (secondary N) is 1. The van der Waals surface area contributed by atoms with E-state index in [0.29, 0.717) is 49.5 Å². The standard InChI is InChI=1S/C24H23N5O3/c1-16-5-10-21(23(30)26-16)29-14-20-19(24(29)31)3-2-4-22(20)32-15-18-8-6-17(7-9-18)13-28-12-11-25-27-28/h2-4,6-9,11-12,21H,1,5,10,13-15H2,(H,26,30). The van der Waals surface area contributed by atoms with Crippen molar-refractivity contribution in [1.82, 2.24) is 25.2 Å². The Morgan fingerprint density at radius 3 is 2.69 bits per heavy atom. The summed E-state index contributed by atoms with van der Waals surface area (Å²) < 4.78 is 7.86. The molecule has 2 amide bonds. The topological polar surface area (TPSA) is 89.3 Å². The number of carbonyl (C=O) groups excluding carboxylic acids is 2. The second-order valence-electron chi connectivity index (χ2n) is 8.07. The van der Waals surface area contributed by atoms with Crippen LogP contribution in [-0.4, -0.2) is 37.7 Å². The first-order valence-electron chi connectivity index (χ1n) is 10.5. The van der Waals surface area contributed by atoms with Crippen molar-refractivity contribution in [2.24, 2.45) is 0 Å². The third-order valence-electron chi connectivity index (χ3n) is 5.88. The highest BCUT2D eigenvalue weighted by molar-refractivity contribution is 6.02. The van der Waals surface area contributed by atoms with Crippen LogP contribution in [0, 0.1) is 0 Å². The van der Waals surface area contributed by atoms with Gasteiger partial charge >= 0.3 is 0 Å². The highest BCUT2D eigenvalue weighted by Gasteiger charge is 2.39. The first kappa shape index (κ1) is 20.0. The number of nitrogens with zero attached hydrogens (tertiary/aromatic N) is 4. The molecule has 1 fully saturated rings. The van der Waals surface area contributed by atoms with Gasteiger partial charge in [-0.2, -0.15) is 0 Å². The van der Waals surface area contributed by atoms with Gasteiger partial charge in [0.25, 0.3) is 5.91 Å². The van der Waals surface area contributed by atoms with Crippen LogP contribution in [0.5, 0.6) is 5.75 Å². The van der Waals surface area contributed by atoms with Gasteiger partial charge in [-0.1, -0.05) is 42.1 Å². The molecule has 32 heavy (non-hydrogen) atoms. The predicted molar refractivity (Wildman–Crippen MR) is 117 cm³/mol. The minimum Gasteiger partial charge on any atom is -0.489 e. The molecule has 162 valence electrons. The summed E-state index contributed by atoms with van der Waals surface area (Å²) in [5.74, 6) is 0.372. The molecule has 8 heteroatoms. The molecule has 3 aromatic rings. The Labute approximate surface area is 185 Å². The van der Waals surface area contributed by atoms with E-state index in [-0.39, 0.29) is 11.8 Å². The van der Waals surface area contributed by atoms with Gasteiger partial charge in [-0.05, 0) is 36.1 Å². The van der Waals surface area contributed by atoms with E-state index in [0.717, 1.165) is 16.7 Å². The van der Waals surface area contributed by atoms with E-state index in [2.05, 4.69) is 22.2 Å². The van der Waals surface area contributed by atoms with Crippen LogP contribution in [-0.2, 0) is 24.5 Å². The average Bonchev–Trinajstić information content (AvgIpc) is 3.42. The fourth-order valence-electron chi connectivity index (χ4n) is 4.18. The van der Waals surface area contributed by atoms with Crippen molar-refractivity contribution in [1.29, 1.82) is 0 Å². The fraction of sp³-hybridized carbons (Fsp3) is 0.250. The minimum atomic E-state index is -0.481. The van der Waals surface area contributed by atoms with Gasteiger partial charge < -0.3 is 15.0 Å². The van der Waals surface area contributed by atoms with Crippen molar-refractivity contribution in [2.45, 2.75) is 38.6 Å². The number of hydrogen-bond acceptors (Lipinski definition) is 5. The van der Waals surface area contributed by atoms with Crippen LogP contribution in [0.4, 0.5) is 0 Å². The molecule has 1 N–H and O–H groups in total. The molecule has 2 aliphatic rings. The molecule has 1 atom stereocenters. The summed E-state index contributed by atoms with van der Waals surface area (Å²) in [6, 6.07) is 13.1. The molecule has 0 radical (unpaired) electrons. The van der Waals surface area contributed by atoms with Crippen LogP contribution in [0.2, 0.25) is 0 Å². The Kier molecular flexibility index (Phi) is 5.18. The number of hydrogen-bond donors (Lipinski definition) is 1. The van der Waals surface area contributed by atoms with Crippen LogP contribution in [0.25, 0.3) is 0 Å². The molecular weight excluding hydrogens is 406 g/mol. The van der Waals surface area contributed by atoms with Gasteiger partial charge in [0.15, 0.2) is 0 Å². The molecular formula is C24H23N5O3. The number of fused-ring (bicyclic) bond motifs is 1. The zero-order valence-corrected chi connectivity index (χ0v) is 17.5. The Morgan fingerprint density at radius 2 is 1.94 bits per heavy atom. The number of carbonyl (C=O) groups is 2. The Morgan fingerprint density at radius 1 is 1.12 bits per heavy atom. The summed E-state index contributed by atoms with van der Waals surface area (Å²) in [6.07, 6.45) is 4.74. The Hall–Kier alpha value is -3.94. The van der Waals surface area contributed by atoms with Gasteiger partial charge in [0, 0.05) is 23.0 Å². The van der Waals surface area contributed by atoms with Crippen LogP contribution in [0.3, 0.4) is 0 Å². The van der Waals surface area contributed by atoms with Gasteiger partial charge in [0.2, 0.25) is 5.91 Å². The highest BCUT2D eigenvalue weighted by atomic mass is 16.5. The molecule has 3 heterocycles. The maximum atomic E-state index is 13.0. The number of piperidine rings is 1. The van der Waals surface area contributed by atoms with Crippen LogP contribution < -0.4 is 10.1 Å². The fourth-order valence-corrected chi connectivity index (χ4v) is 4.18. The molecule has 0 aliphatic carbocycles. The monoisotopic (exact) mass is 429 g/mol. The quantitative estimate of drug-likeness (QED) is 0.651. The number of rotatable bonds is 6. The summed E-state index contributed by atoms with van der Waals surface area (Å²) in [7, 11) is 0. The maximum absolute atomic E-state index is 13.0. The van der Waals surface area contributed by atoms with Crippen molar-refractivity contribution in [3.05, 3.63) is 89.4 Å². The van der Waals surface area contributed by atoms with E-state index in [1.165, 1.54) is 0 Å². The van der Waals surface area contributed by atoms with Gasteiger partial charge in [-0.25, -0.2) is 4.68 Å². The normalized spacial score (nSPS) is 17.9. The number of ether oxygens (including phenoxy) is 1. The molecule has 2 aliphatic heterocycles. The van der Waals surface area contributed by atoms with Crippen LogP contribution in [0.1, 0.15) is 39.9 Å². The van der Waals surface area contributed by atoms with E-state index in [1.807, 2.05) is 42.6 Å². The van der Waals surface area contributed by atoms with Gasteiger partial charge in [0.1, 0.15) is 18.4 Å². The number of aromatic nitrogens is 3. The molecule has 0 saturated carbocycles. The lowest BCUT2D eigenvalue weighted by atomic mass is 10.0. The zero-order valence-electron chi connectivity index (χ0n) is 17.5. The van der Waals surface area contributed by atoms with E-state index in [9.17, 15) is 9.59 Å². The highest BCUT2D eigenvalue weighted by Crippen LogP contribution is 2.34. The lowest BCUT2D eigenvalue weighted by Crippen LogP contribution is -2.49. The summed E-state index contributed by atoms with van der Waals surface area (Å²) in [5.41, 5.74) is 4.28. The Bertz CT molecular complexity index is 1170. The van der Waals surface area contributed by atoms with Crippen LogP contribution >= 0.6 is 0 Å². The number of allylic oxidation sites excluding steroid dienone is 1. The van der Waals surface area contributed by atoms with Crippen molar-refractivity contribution in [3.63, 3.8) is 0 Å². The third kappa shape index (κ3) is 3.87. The second-order valence-corrected chi connectivity index (χ2v) is 8.07. The van der Waals surface area contributed by atoms with Gasteiger partial charge in [-0.15, -0.1) is 5.10 Å². The zero-order chi connectivity index (χ0) is 22.1. The SMILES string of the molecule is C=C1CCC(N2Cc3c(OCc4ccc(Cn5ccnn5)cc4)cccc3C2=O)C(=O)N1. The molecule has 2 aromatic carbocycles. The van der Waals surface area contributed by atoms with Gasteiger partial charge in [0.05, 0.1) is 19.3 Å². The molecule has 5 rings (SSSR count). The van der Waals surface area contributed by atoms with Crippen molar-refractivity contribution >= 4 is 11.8 Å². The van der Waals surface area contributed by atoms with E-state index >= 15 is 0 Å². The first-order chi connectivity index (χ1) is 15.6. The van der Waals surface area contributed by atoms with E-state index < -0.39 is 6.04 Å². The molecule has 0 spiro atoms. The summed E-state index contributed by atoms with van der Waals surface area (Å²) in [5, 5.41) is 10.6. The molecule has 1 saturated heterocycles. The smallest absolute Gasteiger partial charge is 0.255 e. The third-order valence-corrected chi connectivity index (χ3v) is 5.88. The molecule has 1 aromatic heterocycles. The lowest BCUT2D eigenvalue weighted by Gasteiger charge is -2.31. The summed E-state index contributed by atoms with van der Waals surface area (Å²) in [4.78, 5) is 27.0.